The number of ketones is 2. The molecule has 2 N–H and O–H groups in total. The number of alkyl halides is 1. The molecule has 0 bridgehead atoms. The standard InChI is InChI=1S/C36H41FO6S2/c1-34-18-26(16-31(34)30-12-9-23-15-24(39)13-14-35(23,2)36(30,37)32(41)19-34)43-33(42-21-25(40)20-38)22-7-10-27(11-8-22)45-29-6-4-5-28(17-29)44-3/h4-8,10-11,13-15,17,26,30-33,38,41H,9,12,16,18-21H2,1-3H3/t26-,30+,31+,32+,33+,34+,35+,36+/m1/s1. The SMILES string of the molecule is CSc1cccc(Sc2ccc([C@@H](OCC(=O)CO)O[C@@H]3C[C@H]4[C@@H]5CCC6=CC(=O)C=C[C@]6(C)[C@@]5(F)[C@@H](O)C[C@]4(C)C3)cc2)c1. The molecule has 0 aliphatic heterocycles. The average Bonchev–Trinajstić information content (AvgIpc) is 3.35. The van der Waals surface area contributed by atoms with Crippen LogP contribution in [0.25, 0.3) is 0 Å². The van der Waals surface area contributed by atoms with E-state index in [0.29, 0.717) is 32.1 Å². The summed E-state index contributed by atoms with van der Waals surface area (Å²) < 4.78 is 30.0. The van der Waals surface area contributed by atoms with Gasteiger partial charge in [-0.05, 0) is 99.1 Å². The number of aliphatic hydroxyl groups is 2. The smallest absolute Gasteiger partial charge is 0.184 e. The highest BCUT2D eigenvalue weighted by atomic mass is 32.2. The van der Waals surface area contributed by atoms with Crippen molar-refractivity contribution >= 4 is 35.1 Å². The molecule has 0 radical (unpaired) electrons. The van der Waals surface area contributed by atoms with E-state index in [-0.39, 0.29) is 29.8 Å². The quantitative estimate of drug-likeness (QED) is 0.212. The molecule has 0 unspecified atom stereocenters. The van der Waals surface area contributed by atoms with Crippen LogP contribution in [0.15, 0.2) is 87.0 Å². The van der Waals surface area contributed by atoms with E-state index in [1.807, 2.05) is 37.3 Å². The van der Waals surface area contributed by atoms with Crippen LogP contribution in [-0.2, 0) is 19.1 Å². The molecule has 0 aromatic heterocycles. The molecule has 4 aliphatic rings. The van der Waals surface area contributed by atoms with E-state index in [9.17, 15) is 19.8 Å². The van der Waals surface area contributed by atoms with Gasteiger partial charge in [-0.3, -0.25) is 9.59 Å². The Morgan fingerprint density at radius 1 is 1.09 bits per heavy atom. The molecular weight excluding hydrogens is 612 g/mol. The van der Waals surface area contributed by atoms with E-state index in [1.165, 1.54) is 11.0 Å². The van der Waals surface area contributed by atoms with E-state index >= 15 is 4.39 Å². The summed E-state index contributed by atoms with van der Waals surface area (Å²) in [5.74, 6) is -0.997. The lowest BCUT2D eigenvalue weighted by molar-refractivity contribution is -0.188. The molecule has 0 amide bonds. The van der Waals surface area contributed by atoms with Crippen LogP contribution >= 0.6 is 23.5 Å². The lowest BCUT2D eigenvalue weighted by Gasteiger charge is -2.61. The maximum atomic E-state index is 17.4. The summed E-state index contributed by atoms with van der Waals surface area (Å²) in [6.45, 7) is 3.04. The first-order chi connectivity index (χ1) is 21.5. The summed E-state index contributed by atoms with van der Waals surface area (Å²) in [5, 5.41) is 20.8. The second-order valence-corrected chi connectivity index (χ2v) is 15.4. The second-order valence-electron chi connectivity index (χ2n) is 13.4. The minimum Gasteiger partial charge on any atom is -0.390 e. The third-order valence-electron chi connectivity index (χ3n) is 10.7. The molecular formula is C36H41FO6S2. The van der Waals surface area contributed by atoms with Gasteiger partial charge in [0.25, 0.3) is 0 Å². The van der Waals surface area contributed by atoms with Crippen LogP contribution in [0.2, 0.25) is 0 Å². The maximum absolute atomic E-state index is 17.4. The number of aliphatic hydroxyl groups excluding tert-OH is 2. The van der Waals surface area contributed by atoms with Gasteiger partial charge < -0.3 is 19.7 Å². The van der Waals surface area contributed by atoms with Crippen LogP contribution in [-0.4, -0.2) is 59.1 Å². The molecule has 8 atom stereocenters. The number of carbonyl (C=O) groups is 2. The van der Waals surface area contributed by atoms with Crippen LogP contribution in [0.5, 0.6) is 0 Å². The first-order valence-corrected chi connectivity index (χ1v) is 17.7. The summed E-state index contributed by atoms with van der Waals surface area (Å²) in [6, 6.07) is 16.2. The molecule has 4 aliphatic carbocycles. The monoisotopic (exact) mass is 652 g/mol. The van der Waals surface area contributed by atoms with Crippen molar-refractivity contribution in [3.63, 3.8) is 0 Å². The summed E-state index contributed by atoms with van der Waals surface area (Å²) >= 11 is 3.35. The van der Waals surface area contributed by atoms with Crippen molar-refractivity contribution in [1.29, 1.82) is 0 Å². The maximum Gasteiger partial charge on any atom is 0.184 e. The molecule has 3 saturated carbocycles. The van der Waals surface area contributed by atoms with E-state index in [2.05, 4.69) is 31.4 Å². The van der Waals surface area contributed by atoms with E-state index in [1.54, 1.807) is 35.7 Å². The topological polar surface area (TPSA) is 93.1 Å². The molecule has 0 spiro atoms. The largest absolute Gasteiger partial charge is 0.390 e. The van der Waals surface area contributed by atoms with Gasteiger partial charge in [-0.2, -0.15) is 0 Å². The van der Waals surface area contributed by atoms with Crippen molar-refractivity contribution in [2.24, 2.45) is 22.7 Å². The van der Waals surface area contributed by atoms with Gasteiger partial charge in [0.2, 0.25) is 0 Å². The van der Waals surface area contributed by atoms with Gasteiger partial charge in [0, 0.05) is 31.6 Å². The Bertz CT molecular complexity index is 1510. The van der Waals surface area contributed by atoms with Crippen LogP contribution < -0.4 is 0 Å². The van der Waals surface area contributed by atoms with E-state index in [4.69, 9.17) is 9.47 Å². The van der Waals surface area contributed by atoms with Crippen molar-refractivity contribution in [2.75, 3.05) is 19.5 Å². The Morgan fingerprint density at radius 2 is 1.84 bits per heavy atom. The summed E-state index contributed by atoms with van der Waals surface area (Å²) in [7, 11) is 0. The molecule has 2 aromatic carbocycles. The number of ether oxygens (including phenoxy) is 2. The van der Waals surface area contributed by atoms with Gasteiger partial charge in [-0.1, -0.05) is 48.5 Å². The first-order valence-electron chi connectivity index (χ1n) is 15.6. The summed E-state index contributed by atoms with van der Waals surface area (Å²) in [6.07, 6.45) is 7.13. The number of thioether (sulfide) groups is 1. The Labute approximate surface area is 272 Å². The third kappa shape index (κ3) is 6.01. The normalized spacial score (nSPS) is 34.4. The van der Waals surface area contributed by atoms with Crippen LogP contribution in [0, 0.1) is 22.7 Å². The molecule has 6 rings (SSSR count). The van der Waals surface area contributed by atoms with E-state index < -0.39 is 41.8 Å². The van der Waals surface area contributed by atoms with Crippen molar-refractivity contribution < 1.29 is 33.7 Å². The van der Waals surface area contributed by atoms with Gasteiger partial charge in [0.1, 0.15) is 13.2 Å². The zero-order valence-electron chi connectivity index (χ0n) is 25.9. The highest BCUT2D eigenvalue weighted by molar-refractivity contribution is 7.99. The minimum atomic E-state index is -1.89. The molecule has 240 valence electrons. The van der Waals surface area contributed by atoms with Gasteiger partial charge in [-0.25, -0.2) is 4.39 Å². The van der Waals surface area contributed by atoms with Crippen molar-refractivity contribution in [1.82, 2.24) is 0 Å². The number of hydrogen-bond acceptors (Lipinski definition) is 8. The molecule has 9 heteroatoms. The number of allylic oxidation sites excluding steroid dienone is 4. The second kappa shape index (κ2) is 12.7. The number of rotatable bonds is 10. The molecule has 2 aromatic rings. The van der Waals surface area contributed by atoms with Gasteiger partial charge >= 0.3 is 0 Å². The first kappa shape index (κ1) is 32.7. The third-order valence-corrected chi connectivity index (χ3v) is 12.4. The summed E-state index contributed by atoms with van der Waals surface area (Å²) in [4.78, 5) is 27.5. The lowest BCUT2D eigenvalue weighted by atomic mass is 9.46. The number of halogens is 1. The Morgan fingerprint density at radius 3 is 2.58 bits per heavy atom. The number of benzene rings is 2. The van der Waals surface area contributed by atoms with Gasteiger partial charge in [-0.15, -0.1) is 11.8 Å². The molecule has 0 saturated heterocycles. The highest BCUT2D eigenvalue weighted by Crippen LogP contribution is 2.68. The fourth-order valence-electron chi connectivity index (χ4n) is 8.42. The predicted molar refractivity (Wildman–Crippen MR) is 173 cm³/mol. The van der Waals surface area contributed by atoms with Crippen LogP contribution in [0.4, 0.5) is 4.39 Å². The van der Waals surface area contributed by atoms with Crippen molar-refractivity contribution in [3.05, 3.63) is 77.9 Å². The molecule has 0 heterocycles. The van der Waals surface area contributed by atoms with Crippen LogP contribution in [0.3, 0.4) is 0 Å². The van der Waals surface area contributed by atoms with Gasteiger partial charge in [0.05, 0.1) is 12.2 Å². The fourth-order valence-corrected chi connectivity index (χ4v) is 9.83. The van der Waals surface area contributed by atoms with Crippen molar-refractivity contribution in [2.45, 2.75) is 84.8 Å². The molecule has 45 heavy (non-hydrogen) atoms. The number of hydrogen-bond donors (Lipinski definition) is 2. The molecule has 3 fully saturated rings. The number of fused-ring (bicyclic) bond motifs is 5. The Kier molecular flexibility index (Phi) is 9.24. The fraction of sp³-hybridized carbons (Fsp3) is 0.500. The van der Waals surface area contributed by atoms with Crippen LogP contribution in [0.1, 0.15) is 57.8 Å². The predicted octanol–water partition coefficient (Wildman–Crippen LogP) is 6.89. The number of carbonyl (C=O) groups excluding carboxylic acids is 2. The van der Waals surface area contributed by atoms with E-state index in [0.717, 1.165) is 20.9 Å². The highest BCUT2D eigenvalue weighted by Gasteiger charge is 2.69. The Hall–Kier alpha value is -2.27. The zero-order chi connectivity index (χ0) is 32.0. The number of Topliss-reactive ketones (excluding diaryl/α,β-unsaturated/α-hetero) is 1. The minimum absolute atomic E-state index is 0.0316. The molecule has 6 nitrogen and oxygen atoms in total. The van der Waals surface area contributed by atoms with Gasteiger partial charge in [0.15, 0.2) is 23.5 Å². The van der Waals surface area contributed by atoms with Crippen molar-refractivity contribution in [3.8, 4) is 0 Å². The Balaban J connectivity index is 1.21. The zero-order valence-corrected chi connectivity index (χ0v) is 27.5. The summed E-state index contributed by atoms with van der Waals surface area (Å²) in [5.41, 5.74) is -1.74. The average molecular weight is 653 g/mol. The lowest BCUT2D eigenvalue weighted by Crippen LogP contribution is -2.66.